The molecule has 2 rings (SSSR count). The fourth-order valence-corrected chi connectivity index (χ4v) is 1.86. The van der Waals surface area contributed by atoms with Gasteiger partial charge in [0.15, 0.2) is 0 Å². The zero-order valence-corrected chi connectivity index (χ0v) is 12.3. The molecular weight excluding hydrogens is 288 g/mol. The Hall–Kier alpha value is -2.52. The number of furan rings is 1. The van der Waals surface area contributed by atoms with Gasteiger partial charge in [-0.2, -0.15) is 0 Å². The molecule has 1 aromatic rings. The monoisotopic (exact) mass is 304 g/mol. The van der Waals surface area contributed by atoms with Gasteiger partial charge in [0.2, 0.25) is 0 Å². The molecule has 0 spiro atoms. The summed E-state index contributed by atoms with van der Waals surface area (Å²) in [5.41, 5.74) is 0.732. The van der Waals surface area contributed by atoms with E-state index in [4.69, 9.17) is 18.6 Å². The SMILES string of the molecule is CC(=O)OC[C@H]1O[C@H](C#Cc2ccoc2)C=C[C@H]1OC(C)=O. The Balaban J connectivity index is 2.05. The highest BCUT2D eigenvalue weighted by Gasteiger charge is 2.29. The number of carbonyl (C=O) groups excluding carboxylic acids is 2. The summed E-state index contributed by atoms with van der Waals surface area (Å²) in [7, 11) is 0. The molecule has 22 heavy (non-hydrogen) atoms. The fraction of sp³-hybridized carbons (Fsp3) is 0.375. The Morgan fingerprint density at radius 1 is 1.27 bits per heavy atom. The number of ether oxygens (including phenoxy) is 3. The average molecular weight is 304 g/mol. The van der Waals surface area contributed by atoms with Crippen LogP contribution in [-0.4, -0.2) is 36.9 Å². The van der Waals surface area contributed by atoms with Crippen molar-refractivity contribution in [3.05, 3.63) is 36.3 Å². The topological polar surface area (TPSA) is 75.0 Å². The molecule has 6 nitrogen and oxygen atoms in total. The third-order valence-electron chi connectivity index (χ3n) is 2.80. The molecular formula is C16H16O6. The van der Waals surface area contributed by atoms with Crippen LogP contribution in [0.2, 0.25) is 0 Å². The Bertz CT molecular complexity index is 604. The summed E-state index contributed by atoms with van der Waals surface area (Å²) < 4.78 is 20.7. The van der Waals surface area contributed by atoms with Gasteiger partial charge in [0, 0.05) is 13.8 Å². The van der Waals surface area contributed by atoms with E-state index in [1.807, 2.05) is 0 Å². The van der Waals surface area contributed by atoms with Crippen LogP contribution in [0.5, 0.6) is 0 Å². The number of carbonyl (C=O) groups is 2. The number of hydrogen-bond acceptors (Lipinski definition) is 6. The van der Waals surface area contributed by atoms with Gasteiger partial charge >= 0.3 is 11.9 Å². The second-order valence-corrected chi connectivity index (χ2v) is 4.64. The minimum Gasteiger partial charge on any atom is -0.471 e. The van der Waals surface area contributed by atoms with Crippen LogP contribution in [-0.2, 0) is 23.8 Å². The minimum atomic E-state index is -0.608. The molecule has 1 aromatic heterocycles. The summed E-state index contributed by atoms with van der Waals surface area (Å²) in [6.07, 6.45) is 4.76. The van der Waals surface area contributed by atoms with Crippen molar-refractivity contribution < 1.29 is 28.2 Å². The van der Waals surface area contributed by atoms with E-state index < -0.39 is 30.3 Å². The zero-order chi connectivity index (χ0) is 15.9. The van der Waals surface area contributed by atoms with Crippen LogP contribution in [0.1, 0.15) is 19.4 Å². The van der Waals surface area contributed by atoms with Crippen molar-refractivity contribution in [2.75, 3.05) is 6.61 Å². The third kappa shape index (κ3) is 4.79. The molecule has 0 saturated carbocycles. The van der Waals surface area contributed by atoms with Gasteiger partial charge in [0.05, 0.1) is 11.8 Å². The predicted octanol–water partition coefficient (Wildman–Crippen LogP) is 1.45. The summed E-state index contributed by atoms with van der Waals surface area (Å²) in [6.45, 7) is 2.60. The largest absolute Gasteiger partial charge is 0.471 e. The van der Waals surface area contributed by atoms with Gasteiger partial charge in [-0.05, 0) is 18.2 Å². The Labute approximate surface area is 128 Å². The highest BCUT2D eigenvalue weighted by atomic mass is 16.6. The second kappa shape index (κ2) is 7.48. The molecule has 0 unspecified atom stereocenters. The molecule has 116 valence electrons. The average Bonchev–Trinajstić information content (AvgIpc) is 2.97. The quantitative estimate of drug-likeness (QED) is 0.478. The molecule has 0 bridgehead atoms. The zero-order valence-electron chi connectivity index (χ0n) is 12.3. The van der Waals surface area contributed by atoms with Crippen molar-refractivity contribution in [1.82, 2.24) is 0 Å². The van der Waals surface area contributed by atoms with E-state index in [-0.39, 0.29) is 6.61 Å². The van der Waals surface area contributed by atoms with Crippen molar-refractivity contribution in [3.8, 4) is 11.8 Å². The molecule has 0 radical (unpaired) electrons. The molecule has 0 saturated heterocycles. The summed E-state index contributed by atoms with van der Waals surface area (Å²) in [6, 6.07) is 1.73. The van der Waals surface area contributed by atoms with Crippen molar-refractivity contribution in [1.29, 1.82) is 0 Å². The first kappa shape index (κ1) is 15.9. The first-order valence-corrected chi connectivity index (χ1v) is 6.72. The molecule has 0 N–H and O–H groups in total. The van der Waals surface area contributed by atoms with Gasteiger partial charge in [-0.25, -0.2) is 0 Å². The van der Waals surface area contributed by atoms with Gasteiger partial charge in [-0.3, -0.25) is 9.59 Å². The lowest BCUT2D eigenvalue weighted by atomic mass is 10.1. The lowest BCUT2D eigenvalue weighted by Crippen LogP contribution is -2.41. The molecule has 3 atom stereocenters. The third-order valence-corrected chi connectivity index (χ3v) is 2.80. The predicted molar refractivity (Wildman–Crippen MR) is 75.6 cm³/mol. The van der Waals surface area contributed by atoms with E-state index in [2.05, 4.69) is 11.8 Å². The first-order chi connectivity index (χ1) is 10.5. The fourth-order valence-electron chi connectivity index (χ4n) is 1.86. The van der Waals surface area contributed by atoms with E-state index in [0.29, 0.717) is 0 Å². The Morgan fingerprint density at radius 3 is 2.73 bits per heavy atom. The minimum absolute atomic E-state index is 0.0124. The molecule has 1 aliphatic rings. The molecule has 6 heteroatoms. The summed E-state index contributed by atoms with van der Waals surface area (Å²) >= 11 is 0. The lowest BCUT2D eigenvalue weighted by Gasteiger charge is -2.29. The van der Waals surface area contributed by atoms with Gasteiger partial charge < -0.3 is 18.6 Å². The molecule has 0 amide bonds. The highest BCUT2D eigenvalue weighted by Crippen LogP contribution is 2.17. The van der Waals surface area contributed by atoms with Gasteiger partial charge in [-0.1, -0.05) is 11.8 Å². The van der Waals surface area contributed by atoms with Gasteiger partial charge in [-0.15, -0.1) is 0 Å². The highest BCUT2D eigenvalue weighted by molar-refractivity contribution is 5.67. The number of hydrogen-bond donors (Lipinski definition) is 0. The van der Waals surface area contributed by atoms with Crippen LogP contribution in [0, 0.1) is 11.8 Å². The van der Waals surface area contributed by atoms with Crippen LogP contribution < -0.4 is 0 Å². The normalized spacial score (nSPS) is 23.3. The number of esters is 2. The van der Waals surface area contributed by atoms with Gasteiger partial charge in [0.25, 0.3) is 0 Å². The van der Waals surface area contributed by atoms with Gasteiger partial charge in [0.1, 0.15) is 31.2 Å². The van der Waals surface area contributed by atoms with Crippen molar-refractivity contribution in [2.45, 2.75) is 32.2 Å². The van der Waals surface area contributed by atoms with Crippen LogP contribution in [0.3, 0.4) is 0 Å². The maximum Gasteiger partial charge on any atom is 0.303 e. The number of rotatable bonds is 3. The Kier molecular flexibility index (Phi) is 5.39. The van der Waals surface area contributed by atoms with E-state index in [9.17, 15) is 9.59 Å². The van der Waals surface area contributed by atoms with E-state index in [1.165, 1.54) is 26.4 Å². The molecule has 2 heterocycles. The summed E-state index contributed by atoms with van der Waals surface area (Å²) in [5, 5.41) is 0. The molecule has 0 aliphatic carbocycles. The first-order valence-electron chi connectivity index (χ1n) is 6.72. The van der Waals surface area contributed by atoms with E-state index >= 15 is 0 Å². The van der Waals surface area contributed by atoms with Crippen molar-refractivity contribution >= 4 is 11.9 Å². The van der Waals surface area contributed by atoms with E-state index in [0.717, 1.165) is 5.56 Å². The maximum absolute atomic E-state index is 11.1. The standard InChI is InChI=1S/C16H16O6/c1-11(17)20-10-16-15(21-12(2)18)6-5-14(22-16)4-3-13-7-8-19-9-13/h5-9,14-16H,10H2,1-2H3/t14-,15-,16-/m1/s1. The van der Waals surface area contributed by atoms with Crippen LogP contribution >= 0.6 is 0 Å². The summed E-state index contributed by atoms with van der Waals surface area (Å²) in [5.74, 6) is 4.95. The van der Waals surface area contributed by atoms with Crippen molar-refractivity contribution in [3.63, 3.8) is 0 Å². The lowest BCUT2D eigenvalue weighted by molar-refractivity contribution is -0.161. The maximum atomic E-state index is 11.1. The Morgan fingerprint density at radius 2 is 2.09 bits per heavy atom. The molecule has 1 aliphatic heterocycles. The molecule has 0 fully saturated rings. The van der Waals surface area contributed by atoms with Crippen LogP contribution in [0.4, 0.5) is 0 Å². The van der Waals surface area contributed by atoms with Crippen LogP contribution in [0.15, 0.2) is 35.2 Å². The van der Waals surface area contributed by atoms with Crippen LogP contribution in [0.25, 0.3) is 0 Å². The second-order valence-electron chi connectivity index (χ2n) is 4.64. The van der Waals surface area contributed by atoms with Crippen molar-refractivity contribution in [2.24, 2.45) is 0 Å². The van der Waals surface area contributed by atoms with E-state index in [1.54, 1.807) is 18.2 Å². The summed E-state index contributed by atoms with van der Waals surface area (Å²) in [4.78, 5) is 22.0. The molecule has 0 aromatic carbocycles. The smallest absolute Gasteiger partial charge is 0.303 e.